The summed E-state index contributed by atoms with van der Waals surface area (Å²) >= 11 is 1.35. The lowest BCUT2D eigenvalue weighted by Crippen LogP contribution is -2.14. The van der Waals surface area contributed by atoms with Crippen molar-refractivity contribution in [2.24, 2.45) is 0 Å². The van der Waals surface area contributed by atoms with Crippen LogP contribution in [0.15, 0.2) is 40.0 Å². The van der Waals surface area contributed by atoms with Crippen LogP contribution in [0, 0.1) is 0 Å². The minimum Gasteiger partial charge on any atom is -0.338 e. The molecule has 1 amide bonds. The van der Waals surface area contributed by atoms with Gasteiger partial charge in [-0.3, -0.25) is 10.1 Å². The molecule has 0 aliphatic heterocycles. The Kier molecular flexibility index (Phi) is 4.12. The Labute approximate surface area is 138 Å². The van der Waals surface area contributed by atoms with Crippen molar-refractivity contribution in [1.29, 1.82) is 0 Å². The fraction of sp³-hybridized carbons (Fsp3) is 0.312. The molecule has 2 heterocycles. The lowest BCUT2D eigenvalue weighted by molar-refractivity contribution is -0.113. The number of nitrogens with one attached hydrogen (secondary N) is 2. The summed E-state index contributed by atoms with van der Waals surface area (Å²) in [4.78, 5) is 19.6. The number of aromatic nitrogens is 3. The van der Waals surface area contributed by atoms with Crippen molar-refractivity contribution in [2.75, 3.05) is 11.1 Å². The molecule has 0 spiro atoms. The maximum Gasteiger partial charge on any atom is 0.237 e. The minimum absolute atomic E-state index is 0.116. The molecule has 0 aliphatic rings. The maximum absolute atomic E-state index is 12.0. The van der Waals surface area contributed by atoms with Crippen LogP contribution in [0.25, 0.3) is 11.0 Å². The Balaban J connectivity index is 1.58. The summed E-state index contributed by atoms with van der Waals surface area (Å²) < 4.78 is 5.15. The predicted octanol–water partition coefficient (Wildman–Crippen LogP) is 3.58. The van der Waals surface area contributed by atoms with Crippen LogP contribution in [-0.4, -0.2) is 26.8 Å². The highest BCUT2D eigenvalue weighted by atomic mass is 32.2. The molecule has 0 atom stereocenters. The summed E-state index contributed by atoms with van der Waals surface area (Å²) in [5.41, 5.74) is 2.54. The van der Waals surface area contributed by atoms with Gasteiger partial charge >= 0.3 is 0 Å². The Morgan fingerprint density at radius 2 is 2.13 bits per heavy atom. The van der Waals surface area contributed by atoms with E-state index in [1.807, 2.05) is 45.0 Å². The van der Waals surface area contributed by atoms with Crippen LogP contribution in [0.1, 0.15) is 26.5 Å². The van der Waals surface area contributed by atoms with Gasteiger partial charge in [-0.25, -0.2) is 4.98 Å². The summed E-state index contributed by atoms with van der Waals surface area (Å²) in [5, 5.41) is 7.40. The van der Waals surface area contributed by atoms with Crippen LogP contribution < -0.4 is 5.32 Å². The van der Waals surface area contributed by atoms with Gasteiger partial charge in [-0.2, -0.15) is 0 Å². The number of fused-ring (bicyclic) bond motifs is 1. The molecule has 3 rings (SSSR count). The van der Waals surface area contributed by atoms with Gasteiger partial charge in [0, 0.05) is 11.5 Å². The molecule has 0 bridgehead atoms. The number of hydrogen-bond acceptors (Lipinski definition) is 5. The fourth-order valence-corrected chi connectivity index (χ4v) is 2.68. The van der Waals surface area contributed by atoms with Gasteiger partial charge in [-0.05, 0) is 12.1 Å². The van der Waals surface area contributed by atoms with E-state index in [0.717, 1.165) is 16.7 Å². The van der Waals surface area contributed by atoms with E-state index in [1.54, 1.807) is 6.07 Å². The zero-order valence-electron chi connectivity index (χ0n) is 13.2. The number of carbonyl (C=O) groups excluding carboxylic acids is 1. The van der Waals surface area contributed by atoms with E-state index >= 15 is 0 Å². The number of amides is 1. The molecule has 23 heavy (non-hydrogen) atoms. The molecule has 2 aromatic heterocycles. The molecule has 0 aliphatic carbocycles. The van der Waals surface area contributed by atoms with Crippen molar-refractivity contribution in [2.45, 2.75) is 31.3 Å². The smallest absolute Gasteiger partial charge is 0.237 e. The molecule has 1 aromatic carbocycles. The van der Waals surface area contributed by atoms with E-state index in [4.69, 9.17) is 4.52 Å². The molecule has 0 radical (unpaired) electrons. The highest BCUT2D eigenvalue weighted by Gasteiger charge is 2.19. The third-order valence-electron chi connectivity index (χ3n) is 3.25. The number of H-pyrrole nitrogens is 1. The third-order valence-corrected chi connectivity index (χ3v) is 4.12. The summed E-state index contributed by atoms with van der Waals surface area (Å²) in [6.07, 6.45) is 0. The van der Waals surface area contributed by atoms with Crippen molar-refractivity contribution in [3.05, 3.63) is 36.0 Å². The van der Waals surface area contributed by atoms with Crippen LogP contribution in [0.4, 0.5) is 5.88 Å². The van der Waals surface area contributed by atoms with Crippen molar-refractivity contribution in [1.82, 2.24) is 15.1 Å². The normalized spacial score (nSPS) is 11.8. The number of aromatic amines is 1. The second kappa shape index (κ2) is 6.08. The van der Waals surface area contributed by atoms with E-state index in [9.17, 15) is 4.79 Å². The zero-order valence-corrected chi connectivity index (χ0v) is 14.0. The Morgan fingerprint density at radius 3 is 2.83 bits per heavy atom. The van der Waals surface area contributed by atoms with Crippen LogP contribution in [-0.2, 0) is 10.2 Å². The number of anilines is 1. The Hall–Kier alpha value is -2.28. The number of thioether (sulfide) groups is 1. The standard InChI is InChI=1S/C16H18N4O2S/c1-16(2,3)12-8-14(22-20-12)19-13(21)9-23-15-17-10-6-4-5-7-11(10)18-15/h4-8H,9H2,1-3H3,(H,17,18)(H,19,21). The average Bonchev–Trinajstić information content (AvgIpc) is 3.10. The molecule has 0 unspecified atom stereocenters. The van der Waals surface area contributed by atoms with Gasteiger partial charge in [0.15, 0.2) is 5.16 Å². The lowest BCUT2D eigenvalue weighted by atomic mass is 9.92. The lowest BCUT2D eigenvalue weighted by Gasteiger charge is -2.12. The molecule has 0 fully saturated rings. The monoisotopic (exact) mass is 330 g/mol. The summed E-state index contributed by atoms with van der Waals surface area (Å²) in [6, 6.07) is 9.51. The number of rotatable bonds is 4. The van der Waals surface area contributed by atoms with Crippen molar-refractivity contribution >= 4 is 34.6 Å². The van der Waals surface area contributed by atoms with Crippen LogP contribution in [0.3, 0.4) is 0 Å². The molecular weight excluding hydrogens is 312 g/mol. The number of hydrogen-bond donors (Lipinski definition) is 2. The highest BCUT2D eigenvalue weighted by molar-refractivity contribution is 7.99. The molecule has 0 saturated heterocycles. The van der Waals surface area contributed by atoms with E-state index in [1.165, 1.54) is 11.8 Å². The van der Waals surface area contributed by atoms with Crippen LogP contribution in [0.2, 0.25) is 0 Å². The molecule has 120 valence electrons. The van der Waals surface area contributed by atoms with Gasteiger partial charge in [0.2, 0.25) is 11.8 Å². The highest BCUT2D eigenvalue weighted by Crippen LogP contribution is 2.24. The molecule has 0 saturated carbocycles. The van der Waals surface area contributed by atoms with Crippen molar-refractivity contribution < 1.29 is 9.32 Å². The summed E-state index contributed by atoms with van der Waals surface area (Å²) in [7, 11) is 0. The number of para-hydroxylation sites is 2. The topological polar surface area (TPSA) is 83.8 Å². The number of nitrogens with zero attached hydrogens (tertiary/aromatic N) is 2. The first kappa shape index (κ1) is 15.6. The second-order valence-corrected chi connectivity index (χ2v) is 7.19. The van der Waals surface area contributed by atoms with Gasteiger partial charge in [0.1, 0.15) is 0 Å². The first-order chi connectivity index (χ1) is 10.9. The van der Waals surface area contributed by atoms with E-state index in [2.05, 4.69) is 20.4 Å². The SMILES string of the molecule is CC(C)(C)c1cc(NC(=O)CSc2nc3ccccc3[nH]2)on1. The summed E-state index contributed by atoms with van der Waals surface area (Å²) in [5.74, 6) is 0.447. The third kappa shape index (κ3) is 3.73. The zero-order chi connectivity index (χ0) is 16.4. The van der Waals surface area contributed by atoms with Crippen molar-refractivity contribution in [3.8, 4) is 0 Å². The molecule has 6 nitrogen and oxygen atoms in total. The number of carbonyl (C=O) groups is 1. The molecular formula is C16H18N4O2S. The van der Waals surface area contributed by atoms with E-state index in [-0.39, 0.29) is 17.1 Å². The number of imidazole rings is 1. The summed E-state index contributed by atoms with van der Waals surface area (Å²) in [6.45, 7) is 6.11. The molecule has 3 aromatic rings. The Bertz CT molecular complexity index is 799. The molecule has 2 N–H and O–H groups in total. The largest absolute Gasteiger partial charge is 0.338 e. The first-order valence-corrected chi connectivity index (χ1v) is 8.25. The quantitative estimate of drug-likeness (QED) is 0.714. The fourth-order valence-electron chi connectivity index (χ4n) is 1.99. The first-order valence-electron chi connectivity index (χ1n) is 7.26. The minimum atomic E-state index is -0.160. The van der Waals surface area contributed by atoms with Gasteiger partial charge in [0.25, 0.3) is 0 Å². The van der Waals surface area contributed by atoms with Crippen LogP contribution >= 0.6 is 11.8 Å². The Morgan fingerprint density at radius 1 is 1.35 bits per heavy atom. The van der Waals surface area contributed by atoms with E-state index in [0.29, 0.717) is 11.0 Å². The average molecular weight is 330 g/mol. The van der Waals surface area contributed by atoms with Gasteiger partial charge in [-0.1, -0.05) is 49.8 Å². The van der Waals surface area contributed by atoms with Gasteiger partial charge in [-0.15, -0.1) is 0 Å². The number of benzene rings is 1. The van der Waals surface area contributed by atoms with Crippen LogP contribution in [0.5, 0.6) is 0 Å². The van der Waals surface area contributed by atoms with E-state index < -0.39 is 0 Å². The van der Waals surface area contributed by atoms with Crippen molar-refractivity contribution in [3.63, 3.8) is 0 Å². The van der Waals surface area contributed by atoms with Gasteiger partial charge < -0.3 is 9.51 Å². The molecule has 7 heteroatoms. The predicted molar refractivity (Wildman–Crippen MR) is 90.7 cm³/mol. The second-order valence-electron chi connectivity index (χ2n) is 6.22. The van der Waals surface area contributed by atoms with Gasteiger partial charge in [0.05, 0.1) is 22.5 Å². The maximum atomic E-state index is 12.0.